The fourth-order valence-corrected chi connectivity index (χ4v) is 4.79. The first-order valence-corrected chi connectivity index (χ1v) is 12.6. The van der Waals surface area contributed by atoms with E-state index in [0.717, 1.165) is 50.6 Å². The maximum Gasteiger partial charge on any atom is 0.315 e. The molecule has 4 rings (SSSR count). The first kappa shape index (κ1) is 22.9. The maximum absolute atomic E-state index is 12.4. The van der Waals surface area contributed by atoms with Crippen LogP contribution in [0.15, 0.2) is 24.3 Å². The number of amides is 3. The molecule has 0 radical (unpaired) electrons. The molecule has 3 aliphatic rings. The Morgan fingerprint density at radius 2 is 1.75 bits per heavy atom. The summed E-state index contributed by atoms with van der Waals surface area (Å²) in [5, 5.41) is 8.93. The van der Waals surface area contributed by atoms with E-state index < -0.39 is 0 Å². The van der Waals surface area contributed by atoms with Crippen molar-refractivity contribution in [2.24, 2.45) is 5.92 Å². The summed E-state index contributed by atoms with van der Waals surface area (Å²) in [4.78, 5) is 29.3. The third-order valence-electron chi connectivity index (χ3n) is 6.89. The molecule has 0 spiro atoms. The van der Waals surface area contributed by atoms with Crippen molar-refractivity contribution in [2.45, 2.75) is 63.8 Å². The van der Waals surface area contributed by atoms with E-state index in [4.69, 9.17) is 0 Å². The van der Waals surface area contributed by atoms with Gasteiger partial charge in [-0.15, -0.1) is 0 Å². The lowest BCUT2D eigenvalue weighted by Gasteiger charge is -2.36. The van der Waals surface area contributed by atoms with E-state index in [1.807, 2.05) is 12.1 Å². The molecule has 1 saturated heterocycles. The number of piperazine rings is 1. The van der Waals surface area contributed by atoms with Crippen molar-refractivity contribution < 1.29 is 9.59 Å². The molecule has 176 valence electrons. The molecule has 1 aliphatic heterocycles. The highest BCUT2D eigenvalue weighted by atomic mass is 16.2. The van der Waals surface area contributed by atoms with E-state index in [9.17, 15) is 9.59 Å². The summed E-state index contributed by atoms with van der Waals surface area (Å²) in [6.07, 6.45) is 9.66. The first-order chi connectivity index (χ1) is 15.7. The van der Waals surface area contributed by atoms with E-state index in [0.29, 0.717) is 25.4 Å². The highest BCUT2D eigenvalue weighted by molar-refractivity contribution is 5.91. The Balaban J connectivity index is 1.13. The Kier molecular flexibility index (Phi) is 8.26. The van der Waals surface area contributed by atoms with Crippen molar-refractivity contribution in [2.75, 3.05) is 49.5 Å². The molecular weight excluding hydrogens is 402 g/mol. The van der Waals surface area contributed by atoms with Gasteiger partial charge in [0.05, 0.1) is 0 Å². The Hall–Kier alpha value is -2.28. The second kappa shape index (κ2) is 11.5. The van der Waals surface area contributed by atoms with Gasteiger partial charge in [0.1, 0.15) is 0 Å². The number of rotatable bonds is 9. The zero-order chi connectivity index (χ0) is 22.2. The molecule has 7 heteroatoms. The molecule has 3 N–H and O–H groups in total. The standard InChI is InChI=1S/C25H39N5O2/c31-24(10-5-13-26-25(32)28-21-6-2-1-3-7-21)27-22-8-4-9-23(18-22)30-16-14-29(15-17-30)19-20-11-12-20/h4,8-9,18,20-21H,1-3,5-7,10-17,19H2,(H,27,31)(H2,26,28,32). The van der Waals surface area contributed by atoms with Crippen LogP contribution < -0.4 is 20.9 Å². The van der Waals surface area contributed by atoms with Crippen LogP contribution in [0.3, 0.4) is 0 Å². The van der Waals surface area contributed by atoms with E-state index >= 15 is 0 Å². The minimum atomic E-state index is -0.109. The number of benzene rings is 1. The molecule has 3 fully saturated rings. The van der Waals surface area contributed by atoms with Crippen LogP contribution in [0.4, 0.5) is 16.2 Å². The predicted molar refractivity (Wildman–Crippen MR) is 129 cm³/mol. The van der Waals surface area contributed by atoms with Gasteiger partial charge in [-0.3, -0.25) is 9.69 Å². The van der Waals surface area contributed by atoms with Gasteiger partial charge in [0.25, 0.3) is 0 Å². The monoisotopic (exact) mass is 441 g/mol. The van der Waals surface area contributed by atoms with Crippen LogP contribution in [-0.4, -0.2) is 62.1 Å². The van der Waals surface area contributed by atoms with Crippen LogP contribution in [-0.2, 0) is 4.79 Å². The number of nitrogens with zero attached hydrogens (tertiary/aromatic N) is 2. The Bertz CT molecular complexity index is 752. The van der Waals surface area contributed by atoms with Gasteiger partial charge in [0, 0.05) is 63.1 Å². The lowest BCUT2D eigenvalue weighted by Crippen LogP contribution is -2.47. The van der Waals surface area contributed by atoms with Crippen molar-refractivity contribution in [1.29, 1.82) is 0 Å². The number of anilines is 2. The molecule has 0 unspecified atom stereocenters. The van der Waals surface area contributed by atoms with Crippen LogP contribution in [0.5, 0.6) is 0 Å². The number of hydrogen-bond acceptors (Lipinski definition) is 4. The zero-order valence-corrected chi connectivity index (χ0v) is 19.3. The number of carbonyl (C=O) groups excluding carboxylic acids is 2. The largest absolute Gasteiger partial charge is 0.369 e. The van der Waals surface area contributed by atoms with E-state index in [1.54, 1.807) is 0 Å². The summed E-state index contributed by atoms with van der Waals surface area (Å²) >= 11 is 0. The SMILES string of the molecule is O=C(CCCNC(=O)NC1CCCCC1)Nc1cccc(N2CCN(CC3CC3)CC2)c1. The van der Waals surface area contributed by atoms with Crippen molar-refractivity contribution in [3.63, 3.8) is 0 Å². The number of urea groups is 1. The summed E-state index contributed by atoms with van der Waals surface area (Å²) in [6, 6.07) is 8.35. The minimum Gasteiger partial charge on any atom is -0.369 e. The van der Waals surface area contributed by atoms with Gasteiger partial charge in [-0.2, -0.15) is 0 Å². The van der Waals surface area contributed by atoms with Gasteiger partial charge < -0.3 is 20.9 Å². The zero-order valence-electron chi connectivity index (χ0n) is 19.3. The smallest absolute Gasteiger partial charge is 0.315 e. The molecule has 0 aromatic heterocycles. The Labute approximate surface area is 192 Å². The normalized spacial score (nSPS) is 20.1. The fraction of sp³-hybridized carbons (Fsp3) is 0.680. The van der Waals surface area contributed by atoms with Crippen LogP contribution in [0, 0.1) is 5.92 Å². The first-order valence-electron chi connectivity index (χ1n) is 12.6. The van der Waals surface area contributed by atoms with Crippen LogP contribution in [0.2, 0.25) is 0 Å². The lowest BCUT2D eigenvalue weighted by atomic mass is 9.96. The van der Waals surface area contributed by atoms with Crippen LogP contribution >= 0.6 is 0 Å². The van der Waals surface area contributed by atoms with Crippen LogP contribution in [0.1, 0.15) is 57.8 Å². The fourth-order valence-electron chi connectivity index (χ4n) is 4.79. The second-order valence-electron chi connectivity index (χ2n) is 9.67. The molecule has 3 amide bonds. The van der Waals surface area contributed by atoms with E-state index in [2.05, 4.69) is 37.9 Å². The molecule has 1 aromatic carbocycles. The molecule has 1 heterocycles. The average Bonchev–Trinajstić information content (AvgIpc) is 3.62. The molecular formula is C25H39N5O2. The third-order valence-corrected chi connectivity index (χ3v) is 6.89. The molecule has 0 bridgehead atoms. The molecule has 7 nitrogen and oxygen atoms in total. The highest BCUT2D eigenvalue weighted by Crippen LogP contribution is 2.30. The highest BCUT2D eigenvalue weighted by Gasteiger charge is 2.26. The molecule has 0 atom stereocenters. The second-order valence-corrected chi connectivity index (χ2v) is 9.67. The molecule has 2 saturated carbocycles. The van der Waals surface area contributed by atoms with Gasteiger partial charge in [-0.25, -0.2) is 4.79 Å². The summed E-state index contributed by atoms with van der Waals surface area (Å²) in [7, 11) is 0. The number of carbonyl (C=O) groups is 2. The number of hydrogen-bond donors (Lipinski definition) is 3. The Morgan fingerprint density at radius 3 is 2.50 bits per heavy atom. The Morgan fingerprint density at radius 1 is 0.969 bits per heavy atom. The van der Waals surface area contributed by atoms with E-state index in [-0.39, 0.29) is 11.9 Å². The molecule has 1 aromatic rings. The summed E-state index contributed by atoms with van der Waals surface area (Å²) < 4.78 is 0. The van der Waals surface area contributed by atoms with Crippen LogP contribution in [0.25, 0.3) is 0 Å². The topological polar surface area (TPSA) is 76.7 Å². The number of nitrogens with one attached hydrogen (secondary N) is 3. The van der Waals surface area contributed by atoms with Gasteiger partial charge in [-0.05, 0) is 56.2 Å². The molecule has 2 aliphatic carbocycles. The lowest BCUT2D eigenvalue weighted by molar-refractivity contribution is -0.116. The predicted octanol–water partition coefficient (Wildman–Crippen LogP) is 3.57. The van der Waals surface area contributed by atoms with Crippen molar-refractivity contribution in [3.05, 3.63) is 24.3 Å². The average molecular weight is 442 g/mol. The summed E-state index contributed by atoms with van der Waals surface area (Å²) in [6.45, 7) is 6.10. The molecule has 32 heavy (non-hydrogen) atoms. The third kappa shape index (κ3) is 7.40. The van der Waals surface area contributed by atoms with Crippen molar-refractivity contribution in [3.8, 4) is 0 Å². The van der Waals surface area contributed by atoms with Gasteiger partial charge in [-0.1, -0.05) is 25.3 Å². The quantitative estimate of drug-likeness (QED) is 0.512. The summed E-state index contributed by atoms with van der Waals surface area (Å²) in [5.74, 6) is 0.937. The van der Waals surface area contributed by atoms with E-state index in [1.165, 1.54) is 44.3 Å². The maximum atomic E-state index is 12.4. The van der Waals surface area contributed by atoms with Gasteiger partial charge in [0.2, 0.25) is 5.91 Å². The van der Waals surface area contributed by atoms with Gasteiger partial charge in [0.15, 0.2) is 0 Å². The minimum absolute atomic E-state index is 0.00843. The van der Waals surface area contributed by atoms with Crippen molar-refractivity contribution >= 4 is 23.3 Å². The summed E-state index contributed by atoms with van der Waals surface area (Å²) in [5.41, 5.74) is 2.02. The van der Waals surface area contributed by atoms with Gasteiger partial charge >= 0.3 is 6.03 Å². The van der Waals surface area contributed by atoms with Crippen molar-refractivity contribution in [1.82, 2.24) is 15.5 Å².